The second-order valence-corrected chi connectivity index (χ2v) is 5.28. The molecule has 0 saturated heterocycles. The maximum Gasteiger partial charge on any atom is 0.124 e. The number of alkyl halides is 1. The Balaban J connectivity index is 2.21. The van der Waals surface area contributed by atoms with Crippen molar-refractivity contribution in [2.24, 2.45) is 0 Å². The van der Waals surface area contributed by atoms with Gasteiger partial charge in [0.15, 0.2) is 0 Å². The first-order valence-corrected chi connectivity index (χ1v) is 6.92. The molecule has 0 bridgehead atoms. The van der Waals surface area contributed by atoms with Gasteiger partial charge in [0, 0.05) is 11.8 Å². The zero-order valence-electron chi connectivity index (χ0n) is 10.8. The summed E-state index contributed by atoms with van der Waals surface area (Å²) < 4.78 is 20.2. The van der Waals surface area contributed by atoms with Crippen LogP contribution in [0.2, 0.25) is 0 Å². The molecule has 0 aliphatic heterocycles. The Bertz CT molecular complexity index is 559. The summed E-state index contributed by atoms with van der Waals surface area (Å²) in [6.07, 6.45) is 2.79. The summed E-state index contributed by atoms with van der Waals surface area (Å²) in [5.41, 5.74) is 1.61. The molecule has 4 nitrogen and oxygen atoms in total. The van der Waals surface area contributed by atoms with E-state index in [0.29, 0.717) is 12.3 Å². The normalized spacial score (nSPS) is 12.4. The molecule has 0 fully saturated rings. The average Bonchev–Trinajstić information content (AvgIpc) is 2.86. The second-order valence-electron chi connectivity index (χ2n) is 4.17. The predicted molar refractivity (Wildman–Crippen MR) is 74.0 cm³/mol. The largest absolute Gasteiger partial charge is 0.496 e. The molecule has 0 N–H and O–H groups in total. The van der Waals surface area contributed by atoms with Gasteiger partial charge in [-0.25, -0.2) is 9.07 Å². The summed E-state index contributed by atoms with van der Waals surface area (Å²) in [5.74, 6) is 0.354. The minimum absolute atomic E-state index is 0.190. The van der Waals surface area contributed by atoms with Crippen LogP contribution in [0.25, 0.3) is 0 Å². The molecular formula is C13H15BrFN3O. The van der Waals surface area contributed by atoms with Crippen molar-refractivity contribution in [3.63, 3.8) is 0 Å². The van der Waals surface area contributed by atoms with Crippen LogP contribution in [0.3, 0.4) is 0 Å². The summed E-state index contributed by atoms with van der Waals surface area (Å²) in [6.45, 7) is 2.49. The van der Waals surface area contributed by atoms with Crippen LogP contribution in [-0.2, 0) is 6.54 Å². The van der Waals surface area contributed by atoms with E-state index in [2.05, 4.69) is 33.2 Å². The summed E-state index contributed by atoms with van der Waals surface area (Å²) in [4.78, 5) is 0.190. The van der Waals surface area contributed by atoms with E-state index >= 15 is 0 Å². The lowest BCUT2D eigenvalue weighted by molar-refractivity contribution is 0.405. The number of aromatic nitrogens is 3. The molecule has 2 aromatic rings. The number of methoxy groups -OCH3 is 1. The van der Waals surface area contributed by atoms with E-state index in [0.717, 1.165) is 17.7 Å². The van der Waals surface area contributed by atoms with Gasteiger partial charge in [0.1, 0.15) is 11.6 Å². The lowest BCUT2D eigenvalue weighted by Crippen LogP contribution is -2.03. The van der Waals surface area contributed by atoms with Crippen LogP contribution >= 0.6 is 15.9 Å². The number of ether oxygens (including phenoxy) is 1. The zero-order valence-corrected chi connectivity index (χ0v) is 12.4. The maximum absolute atomic E-state index is 13.3. The Labute approximate surface area is 119 Å². The van der Waals surface area contributed by atoms with Gasteiger partial charge >= 0.3 is 0 Å². The first-order chi connectivity index (χ1) is 9.13. The molecule has 1 heterocycles. The van der Waals surface area contributed by atoms with Crippen molar-refractivity contribution in [3.05, 3.63) is 41.5 Å². The smallest absolute Gasteiger partial charge is 0.124 e. The highest BCUT2D eigenvalue weighted by molar-refractivity contribution is 9.09. The third kappa shape index (κ3) is 3.32. The molecule has 1 aromatic heterocycles. The van der Waals surface area contributed by atoms with Gasteiger partial charge in [-0.3, -0.25) is 0 Å². The van der Waals surface area contributed by atoms with Crippen LogP contribution in [-0.4, -0.2) is 22.1 Å². The Morgan fingerprint density at radius 3 is 2.95 bits per heavy atom. The standard InChI is InChI=1S/C13H15BrFN3O/c1-3-11(14)12-8-18(17-16-12)7-9-6-10(15)4-5-13(9)19-2/h4-6,8,11H,3,7H2,1-2H3. The molecule has 19 heavy (non-hydrogen) atoms. The van der Waals surface area contributed by atoms with Crippen LogP contribution in [0.15, 0.2) is 24.4 Å². The summed E-state index contributed by atoms with van der Waals surface area (Å²) in [6, 6.07) is 4.44. The molecule has 1 unspecified atom stereocenters. The van der Waals surface area contributed by atoms with E-state index in [-0.39, 0.29) is 10.6 Å². The highest BCUT2D eigenvalue weighted by Gasteiger charge is 2.11. The van der Waals surface area contributed by atoms with E-state index in [9.17, 15) is 4.39 Å². The lowest BCUT2D eigenvalue weighted by Gasteiger charge is -2.08. The molecule has 1 aromatic carbocycles. The Kier molecular flexibility index (Phi) is 4.52. The van der Waals surface area contributed by atoms with Crippen molar-refractivity contribution in [2.45, 2.75) is 24.7 Å². The number of halogens is 2. The van der Waals surface area contributed by atoms with Crippen molar-refractivity contribution < 1.29 is 9.13 Å². The monoisotopic (exact) mass is 327 g/mol. The minimum atomic E-state index is -0.289. The third-order valence-corrected chi connectivity index (χ3v) is 3.93. The lowest BCUT2D eigenvalue weighted by atomic mass is 10.2. The van der Waals surface area contributed by atoms with Crippen molar-refractivity contribution in [1.29, 1.82) is 0 Å². The maximum atomic E-state index is 13.3. The van der Waals surface area contributed by atoms with E-state index < -0.39 is 0 Å². The first kappa shape index (κ1) is 14.0. The van der Waals surface area contributed by atoms with Gasteiger partial charge in [-0.05, 0) is 24.6 Å². The highest BCUT2D eigenvalue weighted by Crippen LogP contribution is 2.24. The second kappa shape index (κ2) is 6.14. The molecule has 2 rings (SSSR count). The Morgan fingerprint density at radius 2 is 2.26 bits per heavy atom. The molecule has 102 valence electrons. The number of benzene rings is 1. The van der Waals surface area contributed by atoms with Crippen molar-refractivity contribution >= 4 is 15.9 Å². The summed E-state index contributed by atoms with van der Waals surface area (Å²) in [5, 5.41) is 8.14. The summed E-state index contributed by atoms with van der Waals surface area (Å²) >= 11 is 3.52. The Morgan fingerprint density at radius 1 is 1.47 bits per heavy atom. The van der Waals surface area contributed by atoms with Crippen LogP contribution in [0.5, 0.6) is 5.75 Å². The van der Waals surface area contributed by atoms with E-state index in [1.807, 2.05) is 6.20 Å². The fourth-order valence-electron chi connectivity index (χ4n) is 1.79. The third-order valence-electron chi connectivity index (χ3n) is 2.81. The van der Waals surface area contributed by atoms with Crippen LogP contribution in [0.4, 0.5) is 4.39 Å². The van der Waals surface area contributed by atoms with Crippen molar-refractivity contribution in [1.82, 2.24) is 15.0 Å². The Hall–Kier alpha value is -1.43. The molecule has 0 spiro atoms. The molecule has 0 radical (unpaired) electrons. The van der Waals surface area contributed by atoms with Gasteiger partial charge in [-0.1, -0.05) is 28.1 Å². The number of hydrogen-bond acceptors (Lipinski definition) is 3. The fraction of sp³-hybridized carbons (Fsp3) is 0.385. The molecule has 0 amide bonds. The van der Waals surface area contributed by atoms with Crippen LogP contribution < -0.4 is 4.74 Å². The van der Waals surface area contributed by atoms with Crippen LogP contribution in [0, 0.1) is 5.82 Å². The molecule has 6 heteroatoms. The van der Waals surface area contributed by atoms with Gasteiger partial charge < -0.3 is 4.74 Å². The van der Waals surface area contributed by atoms with Gasteiger partial charge in [0.25, 0.3) is 0 Å². The van der Waals surface area contributed by atoms with E-state index in [1.165, 1.54) is 12.1 Å². The van der Waals surface area contributed by atoms with E-state index in [4.69, 9.17) is 4.74 Å². The van der Waals surface area contributed by atoms with Gasteiger partial charge in [-0.15, -0.1) is 5.10 Å². The molecule has 1 atom stereocenters. The van der Waals surface area contributed by atoms with Gasteiger partial charge in [-0.2, -0.15) is 0 Å². The SMILES string of the molecule is CCC(Br)c1cn(Cc2cc(F)ccc2OC)nn1. The average molecular weight is 328 g/mol. The summed E-state index contributed by atoms with van der Waals surface area (Å²) in [7, 11) is 1.56. The number of hydrogen-bond donors (Lipinski definition) is 0. The molecule has 0 saturated carbocycles. The highest BCUT2D eigenvalue weighted by atomic mass is 79.9. The van der Waals surface area contributed by atoms with Gasteiger partial charge in [0.05, 0.1) is 24.2 Å². The minimum Gasteiger partial charge on any atom is -0.496 e. The van der Waals surface area contributed by atoms with E-state index in [1.54, 1.807) is 17.9 Å². The predicted octanol–water partition coefficient (Wildman–Crippen LogP) is 3.32. The molecule has 0 aliphatic rings. The topological polar surface area (TPSA) is 39.9 Å². The molecular weight excluding hydrogens is 313 g/mol. The van der Waals surface area contributed by atoms with Gasteiger partial charge in [0.2, 0.25) is 0 Å². The molecule has 0 aliphatic carbocycles. The quantitative estimate of drug-likeness (QED) is 0.791. The number of rotatable bonds is 5. The fourth-order valence-corrected chi connectivity index (χ4v) is 2.00. The number of nitrogens with zero attached hydrogens (tertiary/aromatic N) is 3. The van der Waals surface area contributed by atoms with Crippen molar-refractivity contribution in [2.75, 3.05) is 7.11 Å². The van der Waals surface area contributed by atoms with Crippen LogP contribution in [0.1, 0.15) is 29.4 Å². The first-order valence-electron chi connectivity index (χ1n) is 6.00. The zero-order chi connectivity index (χ0) is 13.8. The van der Waals surface area contributed by atoms with Crippen molar-refractivity contribution in [3.8, 4) is 5.75 Å².